The van der Waals surface area contributed by atoms with E-state index in [1.165, 1.54) is 0 Å². The topological polar surface area (TPSA) is 34.1 Å². The molecule has 60 valence electrons. The minimum absolute atomic E-state index is 0.748. The second-order valence-electron chi connectivity index (χ2n) is 1.96. The number of pyridine rings is 1. The van der Waals surface area contributed by atoms with E-state index >= 15 is 0 Å². The number of hydrogen-bond donors (Lipinski definition) is 1. The van der Waals surface area contributed by atoms with Gasteiger partial charge in [-0.3, -0.25) is 0 Å². The van der Waals surface area contributed by atoms with Gasteiger partial charge >= 0.3 is 0 Å². The number of ether oxygens (including phenoxy) is 1. The van der Waals surface area contributed by atoms with Crippen molar-refractivity contribution in [3.63, 3.8) is 0 Å². The summed E-state index contributed by atoms with van der Waals surface area (Å²) < 4.78 is 5.78. The van der Waals surface area contributed by atoms with Crippen LogP contribution in [-0.2, 0) is 0 Å². The van der Waals surface area contributed by atoms with Gasteiger partial charge in [-0.1, -0.05) is 0 Å². The third-order valence-electron chi connectivity index (χ3n) is 1.32. The Balaban J connectivity index is 3.02. The fourth-order valence-electron chi connectivity index (χ4n) is 0.716. The molecule has 0 aliphatic heterocycles. The molecule has 3 nitrogen and oxygen atoms in total. The zero-order valence-electron chi connectivity index (χ0n) is 6.39. The lowest BCUT2D eigenvalue weighted by Gasteiger charge is -2.04. The molecule has 0 unspecified atom stereocenters. The average molecular weight is 217 g/mol. The number of anilines is 1. The maximum Gasteiger partial charge on any atom is 0.139 e. The minimum atomic E-state index is 0.748. The Morgan fingerprint density at radius 3 is 2.91 bits per heavy atom. The highest BCUT2D eigenvalue weighted by molar-refractivity contribution is 9.10. The zero-order chi connectivity index (χ0) is 8.27. The van der Waals surface area contributed by atoms with Gasteiger partial charge in [-0.15, -0.1) is 0 Å². The van der Waals surface area contributed by atoms with Crippen molar-refractivity contribution in [1.82, 2.24) is 4.98 Å². The summed E-state index contributed by atoms with van der Waals surface area (Å²) in [7, 11) is 3.45. The first kappa shape index (κ1) is 8.33. The van der Waals surface area contributed by atoms with Gasteiger partial charge in [-0.2, -0.15) is 0 Å². The molecule has 0 fully saturated rings. The van der Waals surface area contributed by atoms with E-state index in [2.05, 4.69) is 26.2 Å². The summed E-state index contributed by atoms with van der Waals surface area (Å²) in [6, 6.07) is 1.87. The molecule has 1 heterocycles. The van der Waals surface area contributed by atoms with Gasteiger partial charge < -0.3 is 10.1 Å². The Hall–Kier alpha value is -0.770. The van der Waals surface area contributed by atoms with Gasteiger partial charge in [0.05, 0.1) is 19.0 Å². The van der Waals surface area contributed by atoms with E-state index < -0.39 is 0 Å². The molecule has 1 aromatic rings. The molecular weight excluding hydrogens is 208 g/mol. The third-order valence-corrected chi connectivity index (χ3v) is 1.95. The van der Waals surface area contributed by atoms with Crippen LogP contribution in [0.1, 0.15) is 0 Å². The molecule has 1 aromatic heterocycles. The lowest BCUT2D eigenvalue weighted by molar-refractivity contribution is 0.413. The maximum atomic E-state index is 4.99. The van der Waals surface area contributed by atoms with E-state index in [1.807, 2.05) is 13.1 Å². The zero-order valence-corrected chi connectivity index (χ0v) is 7.97. The summed E-state index contributed by atoms with van der Waals surface area (Å²) in [5, 5.41) is 2.98. The van der Waals surface area contributed by atoms with Crippen LogP contribution in [0, 0.1) is 0 Å². The van der Waals surface area contributed by atoms with E-state index in [4.69, 9.17) is 4.74 Å². The predicted octanol–water partition coefficient (Wildman–Crippen LogP) is 1.89. The van der Waals surface area contributed by atoms with E-state index in [0.717, 1.165) is 16.0 Å². The number of nitrogens with zero attached hydrogens (tertiary/aromatic N) is 1. The molecule has 0 saturated carbocycles. The summed E-state index contributed by atoms with van der Waals surface area (Å²) in [6.07, 6.45) is 1.66. The average Bonchev–Trinajstić information content (AvgIpc) is 2.05. The predicted molar refractivity (Wildman–Crippen MR) is 48.0 cm³/mol. The van der Waals surface area contributed by atoms with Crippen LogP contribution >= 0.6 is 15.9 Å². The quantitative estimate of drug-likeness (QED) is 0.768. The standard InChI is InChI=1S/C7H9BrN2O/c1-9-6-3-5(11-2)4-10-7(6)8/h3-4,9H,1-2H3. The molecule has 4 heteroatoms. The van der Waals surface area contributed by atoms with Crippen molar-refractivity contribution in [1.29, 1.82) is 0 Å². The van der Waals surface area contributed by atoms with Crippen molar-refractivity contribution in [3.05, 3.63) is 16.9 Å². The van der Waals surface area contributed by atoms with Gasteiger partial charge in [-0.25, -0.2) is 4.98 Å². The number of aromatic nitrogens is 1. The van der Waals surface area contributed by atoms with Gasteiger partial charge in [0.1, 0.15) is 10.4 Å². The van der Waals surface area contributed by atoms with Gasteiger partial charge in [0.15, 0.2) is 0 Å². The first-order chi connectivity index (χ1) is 5.27. The highest BCUT2D eigenvalue weighted by Gasteiger charge is 1.99. The first-order valence-corrected chi connectivity index (χ1v) is 3.94. The van der Waals surface area contributed by atoms with Gasteiger partial charge in [0.2, 0.25) is 0 Å². The molecule has 1 N–H and O–H groups in total. The number of hydrogen-bond acceptors (Lipinski definition) is 3. The Bertz CT molecular complexity index is 252. The summed E-state index contributed by atoms with van der Waals surface area (Å²) in [6.45, 7) is 0. The summed E-state index contributed by atoms with van der Waals surface area (Å²) in [5.41, 5.74) is 0.921. The summed E-state index contributed by atoms with van der Waals surface area (Å²) >= 11 is 3.29. The van der Waals surface area contributed by atoms with Crippen LogP contribution in [0.5, 0.6) is 5.75 Å². The number of nitrogens with one attached hydrogen (secondary N) is 1. The lowest BCUT2D eigenvalue weighted by Crippen LogP contribution is -1.93. The normalized spacial score (nSPS) is 9.36. The van der Waals surface area contributed by atoms with E-state index in [9.17, 15) is 0 Å². The lowest BCUT2D eigenvalue weighted by atomic mass is 10.4. The van der Waals surface area contributed by atoms with Crippen molar-refractivity contribution < 1.29 is 4.74 Å². The van der Waals surface area contributed by atoms with Gasteiger partial charge in [0, 0.05) is 13.1 Å². The Morgan fingerprint density at radius 1 is 1.64 bits per heavy atom. The number of rotatable bonds is 2. The second-order valence-corrected chi connectivity index (χ2v) is 2.71. The summed E-state index contributed by atoms with van der Waals surface area (Å²) in [4.78, 5) is 4.05. The number of halogens is 1. The monoisotopic (exact) mass is 216 g/mol. The van der Waals surface area contributed by atoms with E-state index in [0.29, 0.717) is 0 Å². The summed E-state index contributed by atoms with van der Waals surface area (Å²) in [5.74, 6) is 0.748. The van der Waals surface area contributed by atoms with E-state index in [1.54, 1.807) is 13.3 Å². The van der Waals surface area contributed by atoms with Crippen LogP contribution < -0.4 is 10.1 Å². The molecule has 0 saturated heterocycles. The highest BCUT2D eigenvalue weighted by atomic mass is 79.9. The molecular formula is C7H9BrN2O. The molecule has 0 aliphatic carbocycles. The van der Waals surface area contributed by atoms with Crippen LogP contribution in [0.4, 0.5) is 5.69 Å². The molecule has 0 atom stereocenters. The van der Waals surface area contributed by atoms with Gasteiger partial charge in [0.25, 0.3) is 0 Å². The van der Waals surface area contributed by atoms with Crippen molar-refractivity contribution in [2.45, 2.75) is 0 Å². The molecule has 11 heavy (non-hydrogen) atoms. The number of methoxy groups -OCH3 is 1. The van der Waals surface area contributed by atoms with Crippen LogP contribution in [0.25, 0.3) is 0 Å². The molecule has 0 amide bonds. The fraction of sp³-hybridized carbons (Fsp3) is 0.286. The molecule has 0 aliphatic rings. The molecule has 0 aromatic carbocycles. The Kier molecular flexibility index (Phi) is 2.70. The molecule has 0 radical (unpaired) electrons. The van der Waals surface area contributed by atoms with Crippen molar-refractivity contribution in [3.8, 4) is 5.75 Å². The Morgan fingerprint density at radius 2 is 2.36 bits per heavy atom. The van der Waals surface area contributed by atoms with Crippen molar-refractivity contribution >= 4 is 21.6 Å². The maximum absolute atomic E-state index is 4.99. The van der Waals surface area contributed by atoms with Crippen LogP contribution in [0.2, 0.25) is 0 Å². The van der Waals surface area contributed by atoms with Crippen molar-refractivity contribution in [2.24, 2.45) is 0 Å². The van der Waals surface area contributed by atoms with Gasteiger partial charge in [-0.05, 0) is 15.9 Å². The SMILES string of the molecule is CNc1cc(OC)cnc1Br. The highest BCUT2D eigenvalue weighted by Crippen LogP contribution is 2.23. The van der Waals surface area contributed by atoms with Crippen molar-refractivity contribution in [2.75, 3.05) is 19.5 Å². The smallest absolute Gasteiger partial charge is 0.139 e. The third kappa shape index (κ3) is 1.83. The second kappa shape index (κ2) is 3.57. The van der Waals surface area contributed by atoms with Crippen LogP contribution in [0.3, 0.4) is 0 Å². The molecule has 0 bridgehead atoms. The minimum Gasteiger partial charge on any atom is -0.495 e. The molecule has 0 spiro atoms. The largest absolute Gasteiger partial charge is 0.495 e. The van der Waals surface area contributed by atoms with Crippen LogP contribution in [-0.4, -0.2) is 19.1 Å². The van der Waals surface area contributed by atoms with E-state index in [-0.39, 0.29) is 0 Å². The fourth-order valence-corrected chi connectivity index (χ4v) is 1.13. The molecule has 1 rings (SSSR count). The first-order valence-electron chi connectivity index (χ1n) is 3.15. The Labute approximate surface area is 73.9 Å². The van der Waals surface area contributed by atoms with Crippen LogP contribution in [0.15, 0.2) is 16.9 Å².